The van der Waals surface area contributed by atoms with Gasteiger partial charge in [0.25, 0.3) is 0 Å². The molecule has 4 heteroatoms. The van der Waals surface area contributed by atoms with E-state index in [4.69, 9.17) is 4.74 Å². The number of piperidine rings is 1. The highest BCUT2D eigenvalue weighted by molar-refractivity contribution is 5.78. The third kappa shape index (κ3) is 5.04. The fourth-order valence-electron chi connectivity index (χ4n) is 2.14. The van der Waals surface area contributed by atoms with E-state index >= 15 is 0 Å². The van der Waals surface area contributed by atoms with Crippen molar-refractivity contribution >= 4 is 5.91 Å². The molecule has 0 radical (unpaired) electrons. The van der Waals surface area contributed by atoms with Crippen LogP contribution in [0.2, 0.25) is 0 Å². The van der Waals surface area contributed by atoms with Gasteiger partial charge in [-0.05, 0) is 44.6 Å². The molecule has 0 aromatic rings. The Bertz CT molecular complexity index is 236. The molecular weight excluding hydrogens is 216 g/mol. The smallest absolute Gasteiger partial charge is 0.224 e. The molecule has 98 valence electrons. The van der Waals surface area contributed by atoms with Gasteiger partial charge >= 0.3 is 0 Å². The van der Waals surface area contributed by atoms with Gasteiger partial charge in [-0.2, -0.15) is 0 Å². The summed E-state index contributed by atoms with van der Waals surface area (Å²) in [6, 6.07) is 0. The molecule has 1 heterocycles. The van der Waals surface area contributed by atoms with Crippen LogP contribution in [0.25, 0.3) is 0 Å². The zero-order valence-corrected chi connectivity index (χ0v) is 10.5. The van der Waals surface area contributed by atoms with Crippen LogP contribution < -0.4 is 10.6 Å². The minimum atomic E-state index is 0.177. The van der Waals surface area contributed by atoms with Crippen molar-refractivity contribution in [2.75, 3.05) is 32.8 Å². The number of ether oxygens (including phenoxy) is 1. The molecule has 2 N–H and O–H groups in total. The first-order chi connectivity index (χ1) is 8.36. The third-order valence-corrected chi connectivity index (χ3v) is 3.48. The van der Waals surface area contributed by atoms with Crippen molar-refractivity contribution in [2.24, 2.45) is 11.8 Å². The van der Waals surface area contributed by atoms with E-state index in [-0.39, 0.29) is 11.8 Å². The van der Waals surface area contributed by atoms with Gasteiger partial charge in [-0.15, -0.1) is 0 Å². The van der Waals surface area contributed by atoms with Crippen LogP contribution in [0.15, 0.2) is 0 Å². The summed E-state index contributed by atoms with van der Waals surface area (Å²) < 4.78 is 5.52. The first kappa shape index (κ1) is 12.8. The van der Waals surface area contributed by atoms with Crippen LogP contribution in [-0.4, -0.2) is 38.8 Å². The number of hydrogen-bond donors (Lipinski definition) is 2. The Balaban J connectivity index is 1.44. The van der Waals surface area contributed by atoms with Crippen LogP contribution >= 0.6 is 0 Å². The molecule has 2 aliphatic rings. The van der Waals surface area contributed by atoms with E-state index in [1.807, 2.05) is 0 Å². The molecule has 4 nitrogen and oxygen atoms in total. The molecular formula is C13H24N2O2. The topological polar surface area (TPSA) is 50.4 Å². The standard InChI is InChI=1S/C13H24N2O2/c16-13(12-3-1-6-14-9-12)15-7-2-8-17-10-11-4-5-11/h11-12,14H,1-10H2,(H,15,16)/t12-/m0/s1. The zero-order chi connectivity index (χ0) is 11.9. The number of hydrogen-bond acceptors (Lipinski definition) is 3. The molecule has 0 spiro atoms. The van der Waals surface area contributed by atoms with Crippen molar-refractivity contribution in [1.82, 2.24) is 10.6 Å². The summed E-state index contributed by atoms with van der Waals surface area (Å²) in [7, 11) is 0. The van der Waals surface area contributed by atoms with Crippen LogP contribution in [-0.2, 0) is 9.53 Å². The minimum Gasteiger partial charge on any atom is -0.381 e. The Kier molecular flexibility index (Phi) is 5.26. The molecule has 0 bridgehead atoms. The number of carbonyl (C=O) groups excluding carboxylic acids is 1. The normalized spacial score (nSPS) is 24.6. The van der Waals surface area contributed by atoms with E-state index in [1.165, 1.54) is 12.8 Å². The number of rotatable bonds is 7. The fourth-order valence-corrected chi connectivity index (χ4v) is 2.14. The van der Waals surface area contributed by atoms with Gasteiger partial charge in [0, 0.05) is 26.3 Å². The molecule has 2 rings (SSSR count). The van der Waals surface area contributed by atoms with E-state index in [2.05, 4.69) is 10.6 Å². The highest BCUT2D eigenvalue weighted by atomic mass is 16.5. The quantitative estimate of drug-likeness (QED) is 0.651. The molecule has 17 heavy (non-hydrogen) atoms. The summed E-state index contributed by atoms with van der Waals surface area (Å²) in [6.07, 6.45) is 5.75. The maximum absolute atomic E-state index is 11.8. The predicted molar refractivity (Wildman–Crippen MR) is 66.8 cm³/mol. The van der Waals surface area contributed by atoms with E-state index in [0.717, 1.165) is 58.0 Å². The molecule has 1 amide bonds. The average Bonchev–Trinajstić information content (AvgIpc) is 3.18. The first-order valence-electron chi connectivity index (χ1n) is 6.92. The van der Waals surface area contributed by atoms with Crippen molar-refractivity contribution < 1.29 is 9.53 Å². The second-order valence-electron chi connectivity index (χ2n) is 5.21. The van der Waals surface area contributed by atoms with Crippen LogP contribution in [0.1, 0.15) is 32.1 Å². The fraction of sp³-hybridized carbons (Fsp3) is 0.923. The first-order valence-corrected chi connectivity index (χ1v) is 6.92. The van der Waals surface area contributed by atoms with Gasteiger partial charge in [-0.3, -0.25) is 4.79 Å². The van der Waals surface area contributed by atoms with Crippen LogP contribution in [0, 0.1) is 11.8 Å². The van der Waals surface area contributed by atoms with Crippen molar-refractivity contribution in [2.45, 2.75) is 32.1 Å². The molecule has 1 saturated heterocycles. The molecule has 0 unspecified atom stereocenters. The lowest BCUT2D eigenvalue weighted by atomic mass is 9.99. The molecule has 1 aliphatic carbocycles. The van der Waals surface area contributed by atoms with E-state index in [1.54, 1.807) is 0 Å². The largest absolute Gasteiger partial charge is 0.381 e. The van der Waals surface area contributed by atoms with Gasteiger partial charge in [-0.25, -0.2) is 0 Å². The Morgan fingerprint density at radius 3 is 2.94 bits per heavy atom. The van der Waals surface area contributed by atoms with Crippen molar-refractivity contribution in [1.29, 1.82) is 0 Å². The van der Waals surface area contributed by atoms with Gasteiger partial charge in [0.2, 0.25) is 5.91 Å². The lowest BCUT2D eigenvalue weighted by molar-refractivity contribution is -0.125. The van der Waals surface area contributed by atoms with Crippen LogP contribution in [0.5, 0.6) is 0 Å². The van der Waals surface area contributed by atoms with Gasteiger partial charge in [-0.1, -0.05) is 0 Å². The summed E-state index contributed by atoms with van der Waals surface area (Å²) >= 11 is 0. The SMILES string of the molecule is O=C(NCCCOCC1CC1)[C@H]1CCCNC1. The summed E-state index contributed by atoms with van der Waals surface area (Å²) in [4.78, 5) is 11.8. The highest BCUT2D eigenvalue weighted by Crippen LogP contribution is 2.28. The lowest BCUT2D eigenvalue weighted by Gasteiger charge is -2.21. The molecule has 1 aliphatic heterocycles. The Morgan fingerprint density at radius 2 is 2.24 bits per heavy atom. The minimum absolute atomic E-state index is 0.177. The number of nitrogens with one attached hydrogen (secondary N) is 2. The maximum atomic E-state index is 11.8. The zero-order valence-electron chi connectivity index (χ0n) is 10.5. The van der Waals surface area contributed by atoms with Gasteiger partial charge in [0.1, 0.15) is 0 Å². The Labute approximate surface area is 103 Å². The van der Waals surface area contributed by atoms with E-state index < -0.39 is 0 Å². The van der Waals surface area contributed by atoms with E-state index in [9.17, 15) is 4.79 Å². The molecule has 1 atom stereocenters. The van der Waals surface area contributed by atoms with Crippen molar-refractivity contribution in [3.63, 3.8) is 0 Å². The Hall–Kier alpha value is -0.610. The molecule has 2 fully saturated rings. The summed E-state index contributed by atoms with van der Waals surface area (Å²) in [5.41, 5.74) is 0. The monoisotopic (exact) mass is 240 g/mol. The molecule has 1 saturated carbocycles. The number of amides is 1. The van der Waals surface area contributed by atoms with Gasteiger partial charge < -0.3 is 15.4 Å². The lowest BCUT2D eigenvalue weighted by Crippen LogP contribution is -2.40. The summed E-state index contributed by atoms with van der Waals surface area (Å²) in [5, 5.41) is 6.26. The van der Waals surface area contributed by atoms with Crippen molar-refractivity contribution in [3.05, 3.63) is 0 Å². The summed E-state index contributed by atoms with van der Waals surface area (Å²) in [5.74, 6) is 1.22. The highest BCUT2D eigenvalue weighted by Gasteiger charge is 2.21. The second kappa shape index (κ2) is 6.97. The predicted octanol–water partition coefficient (Wildman–Crippen LogP) is 0.919. The maximum Gasteiger partial charge on any atom is 0.224 e. The molecule has 0 aromatic carbocycles. The Morgan fingerprint density at radius 1 is 1.35 bits per heavy atom. The van der Waals surface area contributed by atoms with Gasteiger partial charge in [0.05, 0.1) is 5.92 Å². The van der Waals surface area contributed by atoms with Crippen LogP contribution in [0.3, 0.4) is 0 Å². The van der Waals surface area contributed by atoms with E-state index in [0.29, 0.717) is 0 Å². The summed E-state index contributed by atoms with van der Waals surface area (Å²) in [6.45, 7) is 4.34. The third-order valence-electron chi connectivity index (χ3n) is 3.48. The van der Waals surface area contributed by atoms with Crippen molar-refractivity contribution in [3.8, 4) is 0 Å². The van der Waals surface area contributed by atoms with Gasteiger partial charge in [0.15, 0.2) is 0 Å². The second-order valence-corrected chi connectivity index (χ2v) is 5.21. The average molecular weight is 240 g/mol. The van der Waals surface area contributed by atoms with Crippen LogP contribution in [0.4, 0.5) is 0 Å². The molecule has 0 aromatic heterocycles. The number of carbonyl (C=O) groups is 1.